The van der Waals surface area contributed by atoms with E-state index in [-0.39, 0.29) is 12.3 Å². The van der Waals surface area contributed by atoms with Crippen LogP contribution in [-0.2, 0) is 21.0 Å². The van der Waals surface area contributed by atoms with Gasteiger partial charge in [-0.3, -0.25) is 0 Å². The van der Waals surface area contributed by atoms with Crippen LogP contribution < -0.4 is 0 Å². The Morgan fingerprint density at radius 2 is 2.00 bits per heavy atom. The Balaban J connectivity index is 3.05. The number of oxime groups is 2. The minimum absolute atomic E-state index is 0.189. The number of methoxy groups -OCH3 is 1. The lowest BCUT2D eigenvalue weighted by atomic mass is 10.0. The van der Waals surface area contributed by atoms with Crippen LogP contribution in [0.1, 0.15) is 18.1 Å². The molecule has 0 saturated carbocycles. The van der Waals surface area contributed by atoms with Crippen LogP contribution in [0.3, 0.4) is 0 Å². The molecule has 0 aliphatic rings. The normalized spacial score (nSPS) is 11.5. The van der Waals surface area contributed by atoms with E-state index in [0.717, 1.165) is 11.1 Å². The number of hydrogen-bond donors (Lipinski definition) is 0. The lowest BCUT2D eigenvalue weighted by Crippen LogP contribution is -2.10. The highest BCUT2D eigenvalue weighted by Gasteiger charge is 2.14. The van der Waals surface area contributed by atoms with Crippen LogP contribution in [0.5, 0.6) is 0 Å². The third kappa shape index (κ3) is 4.66. The summed E-state index contributed by atoms with van der Waals surface area (Å²) in [5.41, 5.74) is 2.30. The van der Waals surface area contributed by atoms with Gasteiger partial charge in [0.1, 0.15) is 25.5 Å². The summed E-state index contributed by atoms with van der Waals surface area (Å²) in [5, 5.41) is 16.2. The summed E-state index contributed by atoms with van der Waals surface area (Å²) in [5.74, 6) is 0.376. The Morgan fingerprint density at radius 3 is 2.62 bits per heavy atom. The van der Waals surface area contributed by atoms with E-state index in [2.05, 4.69) is 16.9 Å². The van der Waals surface area contributed by atoms with Gasteiger partial charge in [0.05, 0.1) is 7.11 Å². The van der Waals surface area contributed by atoms with Gasteiger partial charge in [0, 0.05) is 11.1 Å². The van der Waals surface area contributed by atoms with Gasteiger partial charge in [0.25, 0.3) is 0 Å². The Labute approximate surface area is 123 Å². The zero-order valence-corrected chi connectivity index (χ0v) is 12.3. The molecule has 1 aromatic carbocycles. The highest BCUT2D eigenvalue weighted by atomic mass is 16.6. The summed E-state index contributed by atoms with van der Waals surface area (Å²) in [4.78, 5) is 9.99. The number of benzene rings is 1. The van der Waals surface area contributed by atoms with E-state index in [4.69, 9.17) is 19.7 Å². The van der Waals surface area contributed by atoms with Gasteiger partial charge in [-0.2, -0.15) is 5.26 Å². The first kappa shape index (κ1) is 16.2. The van der Waals surface area contributed by atoms with Crippen molar-refractivity contribution in [1.82, 2.24) is 0 Å². The van der Waals surface area contributed by atoms with Crippen molar-refractivity contribution < 1.29 is 14.4 Å². The minimum Gasteiger partial charge on any atom is -0.495 e. The van der Waals surface area contributed by atoms with E-state index in [1.54, 1.807) is 6.92 Å². The van der Waals surface area contributed by atoms with Crippen molar-refractivity contribution in [2.75, 3.05) is 14.2 Å². The molecule has 0 aromatic heterocycles. The maximum absolute atomic E-state index is 8.62. The fourth-order valence-corrected chi connectivity index (χ4v) is 1.53. The highest BCUT2D eigenvalue weighted by Crippen LogP contribution is 2.16. The Kier molecular flexibility index (Phi) is 6.48. The average Bonchev–Trinajstić information content (AvgIpc) is 2.52. The Morgan fingerprint density at radius 1 is 1.29 bits per heavy atom. The van der Waals surface area contributed by atoms with E-state index in [9.17, 15) is 0 Å². The molecule has 0 atom stereocenters. The van der Waals surface area contributed by atoms with Crippen molar-refractivity contribution in [2.24, 2.45) is 10.3 Å². The van der Waals surface area contributed by atoms with Crippen LogP contribution in [-0.4, -0.2) is 25.6 Å². The predicted octanol–water partition coefficient (Wildman–Crippen LogP) is 2.61. The second-order valence-electron chi connectivity index (χ2n) is 3.97. The standard InChI is InChI=1S/C15H17N3O3/c1-11(9-16)17-21-10-13-7-5-6-8-14(13)15(18-20-4)12(2)19-3/h5-8H,2,10H2,1,3-4H3/b17-11-,18-15-. The molecule has 0 N–H and O–H groups in total. The Bertz CT molecular complexity index is 600. The monoisotopic (exact) mass is 287 g/mol. The molecule has 0 heterocycles. The fraction of sp³-hybridized carbons (Fsp3) is 0.267. The van der Waals surface area contributed by atoms with E-state index in [0.29, 0.717) is 11.5 Å². The van der Waals surface area contributed by atoms with Crippen molar-refractivity contribution in [2.45, 2.75) is 13.5 Å². The molecule has 21 heavy (non-hydrogen) atoms. The molecule has 0 fully saturated rings. The SMILES string of the molecule is C=C(OC)/C(=N/OC)c1ccccc1CO/N=C(/C)C#N. The third-order valence-corrected chi connectivity index (χ3v) is 2.55. The number of rotatable bonds is 7. The number of allylic oxidation sites excluding steroid dienone is 1. The molecule has 0 aliphatic carbocycles. The molecule has 0 spiro atoms. The largest absolute Gasteiger partial charge is 0.495 e. The van der Waals surface area contributed by atoms with Crippen molar-refractivity contribution in [3.8, 4) is 6.07 Å². The van der Waals surface area contributed by atoms with Crippen LogP contribution in [0.15, 0.2) is 46.9 Å². The number of nitrogens with zero attached hydrogens (tertiary/aromatic N) is 3. The second-order valence-corrected chi connectivity index (χ2v) is 3.97. The topological polar surface area (TPSA) is 76.2 Å². The lowest BCUT2D eigenvalue weighted by molar-refractivity contribution is 0.130. The summed E-state index contributed by atoms with van der Waals surface area (Å²) < 4.78 is 5.12. The van der Waals surface area contributed by atoms with Gasteiger partial charge in [-0.25, -0.2) is 0 Å². The smallest absolute Gasteiger partial charge is 0.153 e. The van der Waals surface area contributed by atoms with Gasteiger partial charge in [-0.1, -0.05) is 41.2 Å². The summed E-state index contributed by atoms with van der Waals surface area (Å²) in [7, 11) is 2.95. The van der Waals surface area contributed by atoms with E-state index >= 15 is 0 Å². The zero-order chi connectivity index (χ0) is 15.7. The van der Waals surface area contributed by atoms with Crippen molar-refractivity contribution in [1.29, 1.82) is 5.26 Å². The zero-order valence-electron chi connectivity index (χ0n) is 12.3. The first-order valence-electron chi connectivity index (χ1n) is 6.13. The van der Waals surface area contributed by atoms with E-state index in [1.807, 2.05) is 30.3 Å². The molecule has 0 bridgehead atoms. The number of nitriles is 1. The van der Waals surface area contributed by atoms with Gasteiger partial charge < -0.3 is 14.4 Å². The molecule has 6 nitrogen and oxygen atoms in total. The molecule has 0 aliphatic heterocycles. The van der Waals surface area contributed by atoms with Crippen LogP contribution in [0.4, 0.5) is 0 Å². The molecular weight excluding hydrogens is 270 g/mol. The Hall–Kier alpha value is -2.81. The van der Waals surface area contributed by atoms with Gasteiger partial charge >= 0.3 is 0 Å². The van der Waals surface area contributed by atoms with Gasteiger partial charge in [-0.05, 0) is 6.92 Å². The number of hydrogen-bond acceptors (Lipinski definition) is 6. The van der Waals surface area contributed by atoms with Gasteiger partial charge in [-0.15, -0.1) is 0 Å². The quantitative estimate of drug-likeness (QED) is 0.439. The van der Waals surface area contributed by atoms with Crippen LogP contribution in [0.25, 0.3) is 0 Å². The molecule has 1 rings (SSSR count). The van der Waals surface area contributed by atoms with Crippen molar-refractivity contribution in [3.63, 3.8) is 0 Å². The maximum Gasteiger partial charge on any atom is 0.153 e. The second kappa shape index (κ2) is 8.38. The number of ether oxygens (including phenoxy) is 1. The molecule has 6 heteroatoms. The summed E-state index contributed by atoms with van der Waals surface area (Å²) in [6.07, 6.45) is 0. The third-order valence-electron chi connectivity index (χ3n) is 2.55. The van der Waals surface area contributed by atoms with Crippen LogP contribution in [0.2, 0.25) is 0 Å². The summed E-state index contributed by atoms with van der Waals surface area (Å²) in [6.45, 7) is 5.54. The van der Waals surface area contributed by atoms with Gasteiger partial charge in [0.15, 0.2) is 11.4 Å². The molecule has 1 aromatic rings. The fourth-order valence-electron chi connectivity index (χ4n) is 1.53. The molecule has 0 radical (unpaired) electrons. The molecular formula is C15H17N3O3. The molecule has 0 unspecified atom stereocenters. The minimum atomic E-state index is 0.189. The van der Waals surface area contributed by atoms with Crippen molar-refractivity contribution in [3.05, 3.63) is 47.7 Å². The molecule has 110 valence electrons. The lowest BCUT2D eigenvalue weighted by Gasteiger charge is -2.12. The average molecular weight is 287 g/mol. The van der Waals surface area contributed by atoms with Gasteiger partial charge in [0.2, 0.25) is 0 Å². The van der Waals surface area contributed by atoms with Crippen LogP contribution in [0, 0.1) is 11.3 Å². The van der Waals surface area contributed by atoms with Crippen molar-refractivity contribution >= 4 is 11.4 Å². The summed E-state index contributed by atoms with van der Waals surface area (Å²) in [6, 6.07) is 9.32. The first-order valence-corrected chi connectivity index (χ1v) is 6.13. The molecule has 0 amide bonds. The predicted molar refractivity (Wildman–Crippen MR) is 79.6 cm³/mol. The first-order chi connectivity index (χ1) is 10.1. The maximum atomic E-state index is 8.62. The molecule has 0 saturated heterocycles. The van der Waals surface area contributed by atoms with E-state index in [1.165, 1.54) is 14.2 Å². The van der Waals surface area contributed by atoms with E-state index < -0.39 is 0 Å². The summed E-state index contributed by atoms with van der Waals surface area (Å²) >= 11 is 0. The van der Waals surface area contributed by atoms with Crippen LogP contribution >= 0.6 is 0 Å². The highest BCUT2D eigenvalue weighted by molar-refractivity contribution is 6.11.